The molecule has 6 nitrogen and oxygen atoms in total. The van der Waals surface area contributed by atoms with E-state index in [1.165, 1.54) is 18.6 Å². The molecule has 1 aromatic heterocycles. The van der Waals surface area contributed by atoms with Gasteiger partial charge in [0.15, 0.2) is 0 Å². The van der Waals surface area contributed by atoms with Gasteiger partial charge in [0.1, 0.15) is 5.82 Å². The average molecular weight is 287 g/mol. The van der Waals surface area contributed by atoms with Crippen molar-refractivity contribution in [3.8, 4) is 0 Å². The van der Waals surface area contributed by atoms with Crippen molar-refractivity contribution in [2.75, 3.05) is 38.8 Å². The summed E-state index contributed by atoms with van der Waals surface area (Å²) in [5.74, 6) is 0.642. The van der Waals surface area contributed by atoms with Gasteiger partial charge in [-0.25, -0.2) is 4.98 Å². The molecule has 0 fully saturated rings. The highest BCUT2D eigenvalue weighted by Gasteiger charge is 2.14. The van der Waals surface area contributed by atoms with Crippen molar-refractivity contribution >= 4 is 22.6 Å². The number of carbonyl (C=O) groups excluding carboxylic acids is 1. The third kappa shape index (κ3) is 5.52. The van der Waals surface area contributed by atoms with E-state index in [-0.39, 0.29) is 5.97 Å². The molecular weight excluding hydrogens is 266 g/mol. The number of ether oxygens (including phenoxy) is 2. The fourth-order valence-electron chi connectivity index (χ4n) is 1.53. The van der Waals surface area contributed by atoms with Gasteiger partial charge in [-0.1, -0.05) is 6.92 Å². The highest BCUT2D eigenvalue weighted by Crippen LogP contribution is 2.18. The number of esters is 1. The topological polar surface area (TPSA) is 64.6 Å². The molecule has 0 unspecified atom stereocenters. The molecule has 1 aromatic rings. The lowest BCUT2D eigenvalue weighted by Crippen LogP contribution is -2.29. The maximum absolute atomic E-state index is 11.2. The Kier molecular flexibility index (Phi) is 7.35. The molecule has 0 aliphatic heterocycles. The van der Waals surface area contributed by atoms with Gasteiger partial charge in [-0.15, -0.1) is 0 Å². The van der Waals surface area contributed by atoms with E-state index in [0.717, 1.165) is 23.8 Å². The molecule has 0 spiro atoms. The number of hydrogen-bond acceptors (Lipinski definition) is 7. The first-order valence-electron chi connectivity index (χ1n) is 6.34. The number of carbonyl (C=O) groups is 1. The van der Waals surface area contributed by atoms with E-state index in [9.17, 15) is 4.79 Å². The van der Waals surface area contributed by atoms with Crippen LogP contribution in [0.3, 0.4) is 0 Å². The van der Waals surface area contributed by atoms with Crippen LogP contribution in [0.4, 0.5) is 5.13 Å². The molecule has 7 heteroatoms. The molecule has 19 heavy (non-hydrogen) atoms. The molecule has 0 aromatic carbocycles. The van der Waals surface area contributed by atoms with Crippen molar-refractivity contribution in [1.82, 2.24) is 9.36 Å². The Hall–Kier alpha value is -1.21. The predicted octanol–water partition coefficient (Wildman–Crippen LogP) is 1.51. The summed E-state index contributed by atoms with van der Waals surface area (Å²) in [5.41, 5.74) is 0. The molecule has 0 bridgehead atoms. The standard InChI is InChI=1S/C12H21N3O3S/c1-4-5-10-13-12(19-14-10)15(8-9-17-2)7-6-11(16)18-3/h4-9H2,1-3H3. The van der Waals surface area contributed by atoms with Gasteiger partial charge in [0.2, 0.25) is 5.13 Å². The van der Waals surface area contributed by atoms with Gasteiger partial charge < -0.3 is 14.4 Å². The minimum absolute atomic E-state index is 0.222. The Bertz CT molecular complexity index is 384. The van der Waals surface area contributed by atoms with Gasteiger partial charge in [-0.05, 0) is 6.42 Å². The molecule has 0 amide bonds. The average Bonchev–Trinajstić information content (AvgIpc) is 2.87. The first-order chi connectivity index (χ1) is 9.21. The van der Waals surface area contributed by atoms with Gasteiger partial charge >= 0.3 is 5.97 Å². The molecule has 0 saturated heterocycles. The number of aryl methyl sites for hydroxylation is 1. The van der Waals surface area contributed by atoms with Crippen LogP contribution in [0, 0.1) is 0 Å². The molecule has 108 valence electrons. The monoisotopic (exact) mass is 287 g/mol. The summed E-state index contributed by atoms with van der Waals surface area (Å²) >= 11 is 1.36. The molecule has 0 N–H and O–H groups in total. The van der Waals surface area contributed by atoms with Crippen LogP contribution in [-0.4, -0.2) is 49.2 Å². The van der Waals surface area contributed by atoms with E-state index in [2.05, 4.69) is 21.0 Å². The molecular formula is C12H21N3O3S. The van der Waals surface area contributed by atoms with Gasteiger partial charge in [-0.2, -0.15) is 4.37 Å². The van der Waals surface area contributed by atoms with E-state index in [1.807, 2.05) is 4.90 Å². The van der Waals surface area contributed by atoms with Crippen molar-refractivity contribution in [3.05, 3.63) is 5.82 Å². The lowest BCUT2D eigenvalue weighted by atomic mass is 10.3. The Balaban J connectivity index is 2.62. The van der Waals surface area contributed by atoms with Crippen LogP contribution in [0.1, 0.15) is 25.6 Å². The number of rotatable bonds is 9. The maximum Gasteiger partial charge on any atom is 0.307 e. The van der Waals surface area contributed by atoms with E-state index < -0.39 is 0 Å². The minimum atomic E-state index is -0.222. The molecule has 1 rings (SSSR count). The predicted molar refractivity (Wildman–Crippen MR) is 74.6 cm³/mol. The third-order valence-corrected chi connectivity index (χ3v) is 3.40. The van der Waals surface area contributed by atoms with Crippen LogP contribution in [0.2, 0.25) is 0 Å². The molecule has 0 saturated carbocycles. The second kappa shape index (κ2) is 8.82. The Labute approximate surface area is 117 Å². The van der Waals surface area contributed by atoms with E-state index in [0.29, 0.717) is 26.1 Å². The van der Waals surface area contributed by atoms with Gasteiger partial charge in [0.05, 0.1) is 20.1 Å². The summed E-state index contributed by atoms with van der Waals surface area (Å²) < 4.78 is 14.0. The zero-order valence-corrected chi connectivity index (χ0v) is 12.5. The van der Waals surface area contributed by atoms with Gasteiger partial charge in [0, 0.05) is 38.2 Å². The number of nitrogens with zero attached hydrogens (tertiary/aromatic N) is 3. The number of aromatic nitrogens is 2. The summed E-state index contributed by atoms with van der Waals surface area (Å²) in [7, 11) is 3.05. The Morgan fingerprint density at radius 2 is 2.16 bits per heavy atom. The van der Waals surface area contributed by atoms with E-state index >= 15 is 0 Å². The summed E-state index contributed by atoms with van der Waals surface area (Å²) in [4.78, 5) is 17.7. The van der Waals surface area contributed by atoms with Crippen molar-refractivity contribution in [3.63, 3.8) is 0 Å². The Morgan fingerprint density at radius 3 is 2.79 bits per heavy atom. The van der Waals surface area contributed by atoms with Crippen LogP contribution in [0.25, 0.3) is 0 Å². The highest BCUT2D eigenvalue weighted by molar-refractivity contribution is 7.09. The normalized spacial score (nSPS) is 10.5. The summed E-state index contributed by atoms with van der Waals surface area (Å²) in [6.07, 6.45) is 2.24. The SMILES string of the molecule is CCCc1nsc(N(CCOC)CCC(=O)OC)n1. The lowest BCUT2D eigenvalue weighted by Gasteiger charge is -2.20. The quantitative estimate of drug-likeness (QED) is 0.641. The Morgan fingerprint density at radius 1 is 1.37 bits per heavy atom. The largest absolute Gasteiger partial charge is 0.469 e. The molecule has 0 aliphatic carbocycles. The van der Waals surface area contributed by atoms with Crippen molar-refractivity contribution in [1.29, 1.82) is 0 Å². The molecule has 0 radical (unpaired) electrons. The van der Waals surface area contributed by atoms with Crippen LogP contribution in [0.5, 0.6) is 0 Å². The first kappa shape index (κ1) is 15.8. The maximum atomic E-state index is 11.2. The zero-order valence-electron chi connectivity index (χ0n) is 11.7. The van der Waals surface area contributed by atoms with Crippen LogP contribution in [0.15, 0.2) is 0 Å². The number of methoxy groups -OCH3 is 2. The highest BCUT2D eigenvalue weighted by atomic mass is 32.1. The number of hydrogen-bond donors (Lipinski definition) is 0. The van der Waals surface area contributed by atoms with Gasteiger partial charge in [0.25, 0.3) is 0 Å². The second-order valence-electron chi connectivity index (χ2n) is 4.05. The van der Waals surface area contributed by atoms with Gasteiger partial charge in [-0.3, -0.25) is 4.79 Å². The molecule has 0 atom stereocenters. The first-order valence-corrected chi connectivity index (χ1v) is 7.11. The smallest absolute Gasteiger partial charge is 0.307 e. The second-order valence-corrected chi connectivity index (χ2v) is 4.78. The van der Waals surface area contributed by atoms with Crippen LogP contribution in [-0.2, 0) is 20.7 Å². The van der Waals surface area contributed by atoms with Crippen molar-refractivity contribution in [2.45, 2.75) is 26.2 Å². The fraction of sp³-hybridized carbons (Fsp3) is 0.750. The third-order valence-electron chi connectivity index (χ3n) is 2.58. The van der Waals surface area contributed by atoms with E-state index in [1.54, 1.807) is 7.11 Å². The van der Waals surface area contributed by atoms with Crippen LogP contribution >= 0.6 is 11.5 Å². The summed E-state index contributed by atoms with van der Waals surface area (Å²) in [6, 6.07) is 0. The molecule has 0 aliphatic rings. The van der Waals surface area contributed by atoms with E-state index in [4.69, 9.17) is 4.74 Å². The van der Waals surface area contributed by atoms with Crippen LogP contribution < -0.4 is 4.90 Å². The minimum Gasteiger partial charge on any atom is -0.469 e. The van der Waals surface area contributed by atoms with Crippen molar-refractivity contribution < 1.29 is 14.3 Å². The summed E-state index contributed by atoms with van der Waals surface area (Å²) in [6.45, 7) is 3.94. The number of anilines is 1. The lowest BCUT2D eigenvalue weighted by molar-refractivity contribution is -0.140. The summed E-state index contributed by atoms with van der Waals surface area (Å²) in [5, 5.41) is 0.837. The fourth-order valence-corrected chi connectivity index (χ4v) is 2.29. The zero-order chi connectivity index (χ0) is 14.1. The van der Waals surface area contributed by atoms with Crippen molar-refractivity contribution in [2.24, 2.45) is 0 Å². The molecule has 1 heterocycles.